The molecule has 2 aromatic heterocycles. The molecule has 0 saturated carbocycles. The van der Waals surface area contributed by atoms with E-state index in [1.165, 1.54) is 15.8 Å². The van der Waals surface area contributed by atoms with Crippen LogP contribution >= 0.6 is 19.2 Å². The van der Waals surface area contributed by atoms with Crippen molar-refractivity contribution in [3.63, 3.8) is 0 Å². The number of aromatic nitrogens is 4. The van der Waals surface area contributed by atoms with E-state index >= 15 is 0 Å². The van der Waals surface area contributed by atoms with E-state index in [-0.39, 0.29) is 35.4 Å². The summed E-state index contributed by atoms with van der Waals surface area (Å²) in [6.07, 6.45) is -4.14. The number of imidazole rings is 1. The molecule has 32 heavy (non-hydrogen) atoms. The molecular weight excluding hydrogens is 471 g/mol. The lowest BCUT2D eigenvalue weighted by Crippen LogP contribution is -2.42. The lowest BCUT2D eigenvalue weighted by molar-refractivity contribution is -0.142. The predicted octanol–water partition coefficient (Wildman–Crippen LogP) is -0.930. The van der Waals surface area contributed by atoms with Gasteiger partial charge < -0.3 is 40.1 Å². The van der Waals surface area contributed by atoms with Crippen molar-refractivity contribution in [3.05, 3.63) is 11.6 Å². The fourth-order valence-corrected chi connectivity index (χ4v) is 4.29. The Balaban J connectivity index is 1.79. The van der Waals surface area contributed by atoms with Gasteiger partial charge in [0.25, 0.3) is 5.91 Å². The summed E-state index contributed by atoms with van der Waals surface area (Å²) in [4.78, 5) is 44.7. The number of nitrogens with zero attached hydrogens (tertiary/aromatic N) is 5. The quantitative estimate of drug-likeness (QED) is 0.223. The summed E-state index contributed by atoms with van der Waals surface area (Å²) in [5.74, 6) is -2.96. The van der Waals surface area contributed by atoms with Crippen LogP contribution in [0.3, 0.4) is 0 Å². The molecule has 2 aromatic rings. The fourth-order valence-electron chi connectivity index (χ4n) is 3.38. The van der Waals surface area contributed by atoms with Gasteiger partial charge in [0.1, 0.15) is 23.8 Å². The van der Waals surface area contributed by atoms with E-state index in [1.54, 1.807) is 13.8 Å². The smallest absolute Gasteiger partial charge is 0.363 e. The van der Waals surface area contributed by atoms with Crippen molar-refractivity contribution < 1.29 is 38.8 Å². The number of nitrogen functional groups attached to an aromatic ring is 1. The molecule has 0 radical (unpaired) electrons. The molecule has 14 nitrogen and oxygen atoms in total. The highest BCUT2D eigenvalue weighted by molar-refractivity contribution is 7.53. The molecule has 0 bridgehead atoms. The Morgan fingerprint density at radius 2 is 2.00 bits per heavy atom. The van der Waals surface area contributed by atoms with Crippen LogP contribution in [0.15, 0.2) is 6.33 Å². The second-order valence-corrected chi connectivity index (χ2v) is 9.02. The van der Waals surface area contributed by atoms with Crippen molar-refractivity contribution >= 4 is 42.1 Å². The topological polar surface area (TPSA) is 206 Å². The number of anilines is 1. The Morgan fingerprint density at radius 1 is 1.34 bits per heavy atom. The molecule has 6 N–H and O–H groups in total. The highest BCUT2D eigenvalue weighted by Gasteiger charge is 2.46. The lowest BCUT2D eigenvalue weighted by Gasteiger charge is -2.26. The second kappa shape index (κ2) is 9.53. The number of likely N-dealkylation sites (N-methyl/N-ethyl adjacent to an activating group) is 1. The third-order valence-corrected chi connectivity index (χ3v) is 6.19. The average molecular weight is 495 g/mol. The van der Waals surface area contributed by atoms with Crippen LogP contribution in [0.25, 0.3) is 11.2 Å². The predicted molar refractivity (Wildman–Crippen MR) is 110 cm³/mol. The molecule has 3 heterocycles. The molecule has 0 spiro atoms. The standard InChI is InChI=1S/C16H24ClN6O8P/c1-3-22(4-2)13(26)15(32(27,28)29)30-5-7-9(24)10(25)14(31-7)23-6-19-8-11(18)20-16(17)21-12(8)23/h6-7,9-10,14-15,24-25H,3-5H2,1-2H3,(H2,18,20,21)(H2,27,28,29)/t7-,9-,10-,14-,15?/m1/s1. The first-order chi connectivity index (χ1) is 15.0. The first-order valence-electron chi connectivity index (χ1n) is 9.62. The number of halogens is 1. The zero-order chi connectivity index (χ0) is 23.8. The van der Waals surface area contributed by atoms with E-state index in [0.717, 1.165) is 0 Å². The average Bonchev–Trinajstić information content (AvgIpc) is 3.24. The normalized spacial score (nSPS) is 24.7. The van der Waals surface area contributed by atoms with Crippen molar-refractivity contribution in [2.45, 2.75) is 44.2 Å². The fraction of sp³-hybridized carbons (Fsp3) is 0.625. The van der Waals surface area contributed by atoms with Crippen LogP contribution in [0.4, 0.5) is 5.82 Å². The van der Waals surface area contributed by atoms with Crippen LogP contribution in [-0.4, -0.2) is 94.2 Å². The summed E-state index contributed by atoms with van der Waals surface area (Å²) in [7, 11) is -4.98. The maximum Gasteiger partial charge on any atom is 0.363 e. The van der Waals surface area contributed by atoms with Crippen LogP contribution < -0.4 is 5.73 Å². The third-order valence-electron chi connectivity index (χ3n) is 5.04. The van der Waals surface area contributed by atoms with Crippen molar-refractivity contribution in [2.75, 3.05) is 25.4 Å². The zero-order valence-electron chi connectivity index (χ0n) is 17.1. The largest absolute Gasteiger partial charge is 0.387 e. The Kier molecular flexibility index (Phi) is 7.37. The molecule has 1 saturated heterocycles. The number of nitrogens with two attached hydrogens (primary N) is 1. The first kappa shape index (κ1) is 24.7. The minimum Gasteiger partial charge on any atom is -0.387 e. The number of amides is 1. The summed E-state index contributed by atoms with van der Waals surface area (Å²) >= 11 is 5.83. The van der Waals surface area contributed by atoms with E-state index < -0.39 is 50.5 Å². The SMILES string of the molecule is CCN(CC)C(=O)C(OC[C@H]1O[C@@H](n2cnc3c(N)nc(Cl)nc32)[C@H](O)[C@@H]1O)P(=O)(O)O. The molecule has 16 heteroatoms. The highest BCUT2D eigenvalue weighted by atomic mass is 35.5. The Hall–Kier alpha value is -1.90. The minimum atomic E-state index is -4.98. The number of ether oxygens (including phenoxy) is 2. The van der Waals surface area contributed by atoms with E-state index in [1.807, 2.05) is 0 Å². The second-order valence-electron chi connectivity index (χ2n) is 7.03. The number of rotatable bonds is 8. The van der Waals surface area contributed by atoms with Crippen LogP contribution in [0.5, 0.6) is 0 Å². The summed E-state index contributed by atoms with van der Waals surface area (Å²) in [6.45, 7) is 3.17. The minimum absolute atomic E-state index is 0.00562. The van der Waals surface area contributed by atoms with Gasteiger partial charge in [-0.3, -0.25) is 13.9 Å². The van der Waals surface area contributed by atoms with Crippen molar-refractivity contribution in [1.82, 2.24) is 24.4 Å². The molecule has 1 amide bonds. The summed E-state index contributed by atoms with van der Waals surface area (Å²) in [6, 6.07) is 0. The van der Waals surface area contributed by atoms with E-state index in [4.69, 9.17) is 26.8 Å². The Morgan fingerprint density at radius 3 is 2.59 bits per heavy atom. The van der Waals surface area contributed by atoms with Gasteiger partial charge >= 0.3 is 7.60 Å². The first-order valence-corrected chi connectivity index (χ1v) is 11.7. The number of carbonyl (C=O) groups is 1. The third kappa shape index (κ3) is 4.72. The number of aliphatic hydroxyl groups is 2. The molecule has 0 aliphatic carbocycles. The van der Waals surface area contributed by atoms with Gasteiger partial charge in [-0.25, -0.2) is 4.98 Å². The molecule has 0 aromatic carbocycles. The summed E-state index contributed by atoms with van der Waals surface area (Å²) in [5.41, 5.74) is 6.11. The van der Waals surface area contributed by atoms with Crippen molar-refractivity contribution in [1.29, 1.82) is 0 Å². The summed E-state index contributed by atoms with van der Waals surface area (Å²) in [5, 5.41) is 20.7. The number of hydrogen-bond acceptors (Lipinski definition) is 10. The van der Waals surface area contributed by atoms with E-state index in [2.05, 4.69) is 15.0 Å². The molecule has 1 aliphatic rings. The molecule has 1 fully saturated rings. The zero-order valence-corrected chi connectivity index (χ0v) is 18.8. The van der Waals surface area contributed by atoms with Crippen LogP contribution in [0.2, 0.25) is 5.28 Å². The van der Waals surface area contributed by atoms with Crippen LogP contribution in [0.1, 0.15) is 20.1 Å². The van der Waals surface area contributed by atoms with Gasteiger partial charge in [0.05, 0.1) is 12.9 Å². The van der Waals surface area contributed by atoms with Crippen molar-refractivity contribution in [3.8, 4) is 0 Å². The number of aliphatic hydroxyl groups excluding tert-OH is 2. The molecule has 3 rings (SSSR count). The Bertz CT molecular complexity index is 1030. The van der Waals surface area contributed by atoms with Crippen LogP contribution in [-0.2, 0) is 18.8 Å². The summed E-state index contributed by atoms with van der Waals surface area (Å²) < 4.78 is 24.0. The van der Waals surface area contributed by atoms with E-state index in [9.17, 15) is 29.4 Å². The van der Waals surface area contributed by atoms with Gasteiger partial charge in [-0.1, -0.05) is 0 Å². The molecule has 178 valence electrons. The maximum absolute atomic E-state index is 12.5. The van der Waals surface area contributed by atoms with Gasteiger partial charge in [-0.05, 0) is 25.4 Å². The monoisotopic (exact) mass is 494 g/mol. The molecule has 1 aliphatic heterocycles. The molecule has 5 atom stereocenters. The molecule has 1 unspecified atom stereocenters. The van der Waals surface area contributed by atoms with Gasteiger partial charge in [-0.2, -0.15) is 9.97 Å². The van der Waals surface area contributed by atoms with Crippen LogP contribution in [0, 0.1) is 0 Å². The Labute approximate surface area is 187 Å². The number of hydrogen-bond donors (Lipinski definition) is 5. The van der Waals surface area contributed by atoms with Gasteiger partial charge in [0.15, 0.2) is 17.7 Å². The van der Waals surface area contributed by atoms with E-state index in [0.29, 0.717) is 0 Å². The molecular formula is C16H24ClN6O8P. The van der Waals surface area contributed by atoms with Gasteiger partial charge in [0, 0.05) is 13.1 Å². The van der Waals surface area contributed by atoms with Gasteiger partial charge in [-0.15, -0.1) is 0 Å². The number of carbonyl (C=O) groups excluding carboxylic acids is 1. The van der Waals surface area contributed by atoms with Gasteiger partial charge in [0.2, 0.25) is 11.1 Å². The maximum atomic E-state index is 12.5. The number of fused-ring (bicyclic) bond motifs is 1. The van der Waals surface area contributed by atoms with Crippen molar-refractivity contribution in [2.24, 2.45) is 0 Å². The lowest BCUT2D eigenvalue weighted by atomic mass is 10.1. The highest BCUT2D eigenvalue weighted by Crippen LogP contribution is 2.43.